The molecule has 31 heavy (non-hydrogen) atoms. The number of hydrogen-bond donors (Lipinski definition) is 2. The van der Waals surface area contributed by atoms with Gasteiger partial charge in [-0.25, -0.2) is 9.97 Å². The Bertz CT molecular complexity index is 1130. The normalized spacial score (nSPS) is 11.4. The summed E-state index contributed by atoms with van der Waals surface area (Å²) in [5.74, 6) is 0.803. The molecule has 0 spiro atoms. The van der Waals surface area contributed by atoms with Crippen LogP contribution in [0.2, 0.25) is 0 Å². The minimum absolute atomic E-state index is 0. The number of thiazole rings is 1. The second-order valence-corrected chi connectivity index (χ2v) is 8.46. The maximum atomic E-state index is 4.47. The summed E-state index contributed by atoms with van der Waals surface area (Å²) >= 11 is 1.74. The monoisotopic (exact) mass is 546 g/mol. The van der Waals surface area contributed by atoms with E-state index in [2.05, 4.69) is 67.4 Å². The van der Waals surface area contributed by atoms with Crippen molar-refractivity contribution in [3.63, 3.8) is 0 Å². The number of nitrogens with zero attached hydrogens (tertiary/aromatic N) is 4. The van der Waals surface area contributed by atoms with Crippen molar-refractivity contribution in [2.75, 3.05) is 13.6 Å². The number of imidazole rings is 1. The highest BCUT2D eigenvalue weighted by Gasteiger charge is 2.04. The predicted octanol–water partition coefficient (Wildman–Crippen LogP) is 4.38. The largest absolute Gasteiger partial charge is 0.356 e. The molecule has 0 atom stereocenters. The van der Waals surface area contributed by atoms with E-state index in [9.17, 15) is 0 Å². The number of nitrogens with one attached hydrogen (secondary N) is 2. The predicted molar refractivity (Wildman–Crippen MR) is 139 cm³/mol. The second kappa shape index (κ2) is 11.2. The van der Waals surface area contributed by atoms with Gasteiger partial charge in [-0.15, -0.1) is 35.3 Å². The lowest BCUT2D eigenvalue weighted by Crippen LogP contribution is -2.37. The van der Waals surface area contributed by atoms with E-state index in [1.165, 1.54) is 16.0 Å². The fraction of sp³-hybridized carbons (Fsp3) is 0.261. The quantitative estimate of drug-likeness (QED) is 0.205. The zero-order valence-electron chi connectivity index (χ0n) is 17.7. The average Bonchev–Trinajstić information content (AvgIpc) is 3.38. The summed E-state index contributed by atoms with van der Waals surface area (Å²) in [4.78, 5) is 14.4. The lowest BCUT2D eigenvalue weighted by Gasteiger charge is -2.12. The van der Waals surface area contributed by atoms with E-state index >= 15 is 0 Å². The third-order valence-corrected chi connectivity index (χ3v) is 5.86. The van der Waals surface area contributed by atoms with Crippen LogP contribution in [0.15, 0.2) is 66.0 Å². The third-order valence-electron chi connectivity index (χ3n) is 4.89. The van der Waals surface area contributed by atoms with Crippen molar-refractivity contribution in [2.24, 2.45) is 4.99 Å². The molecule has 4 aromatic rings. The highest BCUT2D eigenvalue weighted by atomic mass is 127. The first kappa shape index (κ1) is 23.2. The number of para-hydroxylation sites is 2. The van der Waals surface area contributed by atoms with Crippen LogP contribution in [-0.2, 0) is 19.5 Å². The van der Waals surface area contributed by atoms with Crippen LogP contribution in [-0.4, -0.2) is 34.1 Å². The van der Waals surface area contributed by atoms with E-state index in [4.69, 9.17) is 0 Å². The van der Waals surface area contributed by atoms with Gasteiger partial charge in [0, 0.05) is 44.2 Å². The number of aromatic nitrogens is 3. The van der Waals surface area contributed by atoms with Gasteiger partial charge in [0.1, 0.15) is 0 Å². The molecule has 2 aromatic heterocycles. The SMILES string of the molecule is CN=C(NCCc1ncc(C)s1)NCc1ccc(Cn2cnc3ccccc32)cc1.I. The van der Waals surface area contributed by atoms with Crippen molar-refractivity contribution in [2.45, 2.75) is 26.4 Å². The Kier molecular flexibility index (Phi) is 8.42. The first-order valence-corrected chi connectivity index (χ1v) is 10.9. The van der Waals surface area contributed by atoms with Crippen molar-refractivity contribution >= 4 is 52.3 Å². The van der Waals surface area contributed by atoms with E-state index in [0.29, 0.717) is 0 Å². The van der Waals surface area contributed by atoms with Gasteiger partial charge >= 0.3 is 0 Å². The molecule has 0 saturated heterocycles. The average molecular weight is 546 g/mol. The van der Waals surface area contributed by atoms with Crippen LogP contribution >= 0.6 is 35.3 Å². The standard InChI is InChI=1S/C23H26N6S.HI/c1-17-13-26-22(30-17)11-12-25-23(24-2)27-14-18-7-9-19(10-8-18)15-29-16-28-20-5-3-4-6-21(20)29;/h3-10,13,16H,11-12,14-15H2,1-2H3,(H2,24,25,27);1H. The maximum absolute atomic E-state index is 4.47. The number of halogens is 1. The van der Waals surface area contributed by atoms with Crippen molar-refractivity contribution in [3.8, 4) is 0 Å². The van der Waals surface area contributed by atoms with Crippen molar-refractivity contribution in [1.29, 1.82) is 0 Å². The molecule has 6 nitrogen and oxygen atoms in total. The summed E-state index contributed by atoms with van der Waals surface area (Å²) in [7, 11) is 1.79. The maximum Gasteiger partial charge on any atom is 0.191 e. The van der Waals surface area contributed by atoms with Gasteiger partial charge in [-0.2, -0.15) is 0 Å². The Hall–Kier alpha value is -2.46. The first-order valence-electron chi connectivity index (χ1n) is 10.0. The zero-order chi connectivity index (χ0) is 20.8. The first-order chi connectivity index (χ1) is 14.7. The molecule has 0 unspecified atom stereocenters. The van der Waals surface area contributed by atoms with Crippen molar-refractivity contribution in [3.05, 3.63) is 82.1 Å². The minimum Gasteiger partial charge on any atom is -0.356 e. The van der Waals surface area contributed by atoms with Gasteiger partial charge in [0.05, 0.1) is 22.4 Å². The van der Waals surface area contributed by atoms with Crippen LogP contribution in [0.4, 0.5) is 0 Å². The van der Waals surface area contributed by atoms with Crippen LogP contribution in [0.5, 0.6) is 0 Å². The lowest BCUT2D eigenvalue weighted by molar-refractivity contribution is 0.790. The molecule has 2 N–H and O–H groups in total. The number of aryl methyl sites for hydroxylation is 1. The molecular formula is C23H27IN6S. The summed E-state index contributed by atoms with van der Waals surface area (Å²) in [6.45, 7) is 4.43. The highest BCUT2D eigenvalue weighted by molar-refractivity contribution is 14.0. The van der Waals surface area contributed by atoms with E-state index in [-0.39, 0.29) is 24.0 Å². The van der Waals surface area contributed by atoms with E-state index in [1.807, 2.05) is 30.7 Å². The van der Waals surface area contributed by atoms with Crippen LogP contribution < -0.4 is 10.6 Å². The number of guanidine groups is 1. The Balaban J connectivity index is 0.00000272. The Morgan fingerprint density at radius 2 is 1.81 bits per heavy atom. The molecule has 0 aliphatic heterocycles. The molecule has 0 radical (unpaired) electrons. The van der Waals surface area contributed by atoms with Gasteiger partial charge in [0.15, 0.2) is 5.96 Å². The summed E-state index contributed by atoms with van der Waals surface area (Å²) in [6, 6.07) is 16.9. The lowest BCUT2D eigenvalue weighted by atomic mass is 10.1. The van der Waals surface area contributed by atoms with E-state index < -0.39 is 0 Å². The number of benzene rings is 2. The molecule has 0 fully saturated rings. The van der Waals surface area contributed by atoms with Crippen LogP contribution in [0.25, 0.3) is 11.0 Å². The number of hydrogen-bond acceptors (Lipinski definition) is 4. The van der Waals surface area contributed by atoms with Gasteiger partial charge in [-0.1, -0.05) is 36.4 Å². The third kappa shape index (κ3) is 6.27. The number of rotatable bonds is 7. The van der Waals surface area contributed by atoms with Gasteiger partial charge in [0.25, 0.3) is 0 Å². The molecule has 0 aliphatic rings. The molecule has 0 aliphatic carbocycles. The molecular weight excluding hydrogens is 519 g/mol. The smallest absolute Gasteiger partial charge is 0.191 e. The van der Waals surface area contributed by atoms with Gasteiger partial charge < -0.3 is 15.2 Å². The summed E-state index contributed by atoms with van der Waals surface area (Å²) < 4.78 is 2.18. The zero-order valence-corrected chi connectivity index (χ0v) is 20.9. The molecule has 162 valence electrons. The van der Waals surface area contributed by atoms with Gasteiger partial charge in [-0.05, 0) is 30.2 Å². The van der Waals surface area contributed by atoms with Crippen molar-refractivity contribution < 1.29 is 0 Å². The van der Waals surface area contributed by atoms with Gasteiger partial charge in [0.2, 0.25) is 0 Å². The number of fused-ring (bicyclic) bond motifs is 1. The molecule has 0 amide bonds. The Morgan fingerprint density at radius 1 is 1.03 bits per heavy atom. The van der Waals surface area contributed by atoms with Crippen LogP contribution in [0, 0.1) is 6.92 Å². The summed E-state index contributed by atoms with van der Waals surface area (Å²) in [6.07, 6.45) is 4.73. The van der Waals surface area contributed by atoms with Crippen molar-refractivity contribution in [1.82, 2.24) is 25.2 Å². The Labute approximate surface area is 203 Å². The summed E-state index contributed by atoms with van der Waals surface area (Å²) in [5, 5.41) is 7.87. The minimum atomic E-state index is 0. The molecule has 0 bridgehead atoms. The van der Waals surface area contributed by atoms with E-state index in [1.54, 1.807) is 18.4 Å². The van der Waals surface area contributed by atoms with Crippen LogP contribution in [0.1, 0.15) is 21.0 Å². The second-order valence-electron chi connectivity index (χ2n) is 7.14. The van der Waals surface area contributed by atoms with Gasteiger partial charge in [-0.3, -0.25) is 4.99 Å². The molecule has 8 heteroatoms. The van der Waals surface area contributed by atoms with Crippen LogP contribution in [0.3, 0.4) is 0 Å². The fourth-order valence-corrected chi connectivity index (χ4v) is 4.09. The molecule has 2 heterocycles. The summed E-state index contributed by atoms with van der Waals surface area (Å²) in [5.41, 5.74) is 4.66. The number of aliphatic imine (C=N–C) groups is 1. The Morgan fingerprint density at radius 3 is 2.55 bits per heavy atom. The molecule has 2 aromatic carbocycles. The topological polar surface area (TPSA) is 67.1 Å². The highest BCUT2D eigenvalue weighted by Crippen LogP contribution is 2.14. The molecule has 0 saturated carbocycles. The van der Waals surface area contributed by atoms with E-state index in [0.717, 1.165) is 48.1 Å². The molecule has 4 rings (SSSR count). The fourth-order valence-electron chi connectivity index (χ4n) is 3.31.